The number of nitrogens with two attached hydrogens (primary N) is 1. The van der Waals surface area contributed by atoms with Crippen LogP contribution < -0.4 is 11.1 Å². The smallest absolute Gasteiger partial charge is 0.340 e. The topological polar surface area (TPSA) is 81.4 Å². The first kappa shape index (κ1) is 15.2. The molecule has 5 heteroatoms. The number of carbonyl (C=O) groups excluding carboxylic acids is 2. The Morgan fingerprint density at radius 1 is 1.32 bits per heavy atom. The molecule has 0 heterocycles. The molecule has 0 aromatic heterocycles. The molecule has 5 nitrogen and oxygen atoms in total. The standard InChI is InChI=1S/C14H20N2O3/c1-4-19-14(18)10-7-5-6-8-11(10)16-13(17)12(15)9(2)3/h5-9,12H,4,15H2,1-3H3,(H,16,17)/t12-/m1/s1. The first-order chi connectivity index (χ1) is 8.97. The molecule has 1 aromatic carbocycles. The Balaban J connectivity index is 2.89. The first-order valence-corrected chi connectivity index (χ1v) is 6.30. The third-order valence-corrected chi connectivity index (χ3v) is 2.70. The number of benzene rings is 1. The van der Waals surface area contributed by atoms with Gasteiger partial charge >= 0.3 is 5.97 Å². The number of para-hydroxylation sites is 1. The van der Waals surface area contributed by atoms with Gasteiger partial charge in [0, 0.05) is 0 Å². The number of amides is 1. The van der Waals surface area contributed by atoms with Crippen LogP contribution >= 0.6 is 0 Å². The SMILES string of the molecule is CCOC(=O)c1ccccc1NC(=O)[C@H](N)C(C)C. The van der Waals surface area contributed by atoms with E-state index in [4.69, 9.17) is 10.5 Å². The largest absolute Gasteiger partial charge is 0.462 e. The van der Waals surface area contributed by atoms with E-state index in [1.54, 1.807) is 31.2 Å². The summed E-state index contributed by atoms with van der Waals surface area (Å²) in [5.41, 5.74) is 6.51. The minimum absolute atomic E-state index is 0.0229. The number of hydrogen-bond donors (Lipinski definition) is 2. The number of carbonyl (C=O) groups is 2. The Bertz CT molecular complexity index is 458. The van der Waals surface area contributed by atoms with Crippen LogP contribution in [0.15, 0.2) is 24.3 Å². The molecule has 0 aliphatic heterocycles. The van der Waals surface area contributed by atoms with Gasteiger partial charge in [0.2, 0.25) is 5.91 Å². The number of nitrogens with one attached hydrogen (secondary N) is 1. The second kappa shape index (κ2) is 6.89. The highest BCUT2D eigenvalue weighted by atomic mass is 16.5. The van der Waals surface area contributed by atoms with Crippen LogP contribution in [-0.4, -0.2) is 24.5 Å². The predicted octanol–water partition coefficient (Wildman–Crippen LogP) is 1.79. The summed E-state index contributed by atoms with van der Waals surface area (Å²) in [6.45, 7) is 5.74. The number of esters is 1. The van der Waals surface area contributed by atoms with E-state index in [9.17, 15) is 9.59 Å². The zero-order valence-electron chi connectivity index (χ0n) is 11.5. The predicted molar refractivity (Wildman–Crippen MR) is 73.8 cm³/mol. The zero-order valence-corrected chi connectivity index (χ0v) is 11.5. The highest BCUT2D eigenvalue weighted by Gasteiger charge is 2.20. The fourth-order valence-electron chi connectivity index (χ4n) is 1.50. The van der Waals surface area contributed by atoms with E-state index < -0.39 is 12.0 Å². The molecule has 19 heavy (non-hydrogen) atoms. The molecule has 1 amide bonds. The second-order valence-electron chi connectivity index (χ2n) is 4.53. The molecule has 0 unspecified atom stereocenters. The summed E-state index contributed by atoms with van der Waals surface area (Å²) in [5.74, 6) is -0.752. The number of hydrogen-bond acceptors (Lipinski definition) is 4. The maximum atomic E-state index is 11.9. The van der Waals surface area contributed by atoms with E-state index >= 15 is 0 Å². The normalized spacial score (nSPS) is 12.1. The lowest BCUT2D eigenvalue weighted by molar-refractivity contribution is -0.118. The fourth-order valence-corrected chi connectivity index (χ4v) is 1.50. The maximum absolute atomic E-state index is 11.9. The van der Waals surface area contributed by atoms with E-state index in [0.29, 0.717) is 11.3 Å². The summed E-state index contributed by atoms with van der Waals surface area (Å²) in [4.78, 5) is 23.6. The van der Waals surface area contributed by atoms with Crippen molar-refractivity contribution in [3.8, 4) is 0 Å². The van der Waals surface area contributed by atoms with Crippen molar-refractivity contribution in [3.05, 3.63) is 29.8 Å². The molecular weight excluding hydrogens is 244 g/mol. The molecule has 0 spiro atoms. The molecule has 0 saturated carbocycles. The molecule has 0 bridgehead atoms. The Kier molecular flexibility index (Phi) is 5.51. The summed E-state index contributed by atoms with van der Waals surface area (Å²) < 4.78 is 4.94. The van der Waals surface area contributed by atoms with Crippen LogP contribution in [0.2, 0.25) is 0 Å². The van der Waals surface area contributed by atoms with E-state index in [0.717, 1.165) is 0 Å². The quantitative estimate of drug-likeness (QED) is 0.794. The van der Waals surface area contributed by atoms with Gasteiger partial charge in [0.05, 0.1) is 23.9 Å². The van der Waals surface area contributed by atoms with Crippen LogP contribution in [0.4, 0.5) is 5.69 Å². The Morgan fingerprint density at radius 3 is 2.53 bits per heavy atom. The van der Waals surface area contributed by atoms with Crippen molar-refractivity contribution in [3.63, 3.8) is 0 Å². The van der Waals surface area contributed by atoms with Gasteiger partial charge < -0.3 is 15.8 Å². The van der Waals surface area contributed by atoms with Gasteiger partial charge in [-0.05, 0) is 25.0 Å². The molecule has 0 saturated heterocycles. The Morgan fingerprint density at radius 2 is 1.95 bits per heavy atom. The molecule has 104 valence electrons. The van der Waals surface area contributed by atoms with Crippen LogP contribution in [0, 0.1) is 5.92 Å². The van der Waals surface area contributed by atoms with Crippen LogP contribution in [0.25, 0.3) is 0 Å². The zero-order chi connectivity index (χ0) is 14.4. The average molecular weight is 264 g/mol. The first-order valence-electron chi connectivity index (χ1n) is 6.30. The van der Waals surface area contributed by atoms with Gasteiger partial charge in [-0.3, -0.25) is 4.79 Å². The number of anilines is 1. The van der Waals surface area contributed by atoms with Gasteiger partial charge in [0.25, 0.3) is 0 Å². The summed E-state index contributed by atoms with van der Waals surface area (Å²) >= 11 is 0. The third kappa shape index (κ3) is 4.06. The van der Waals surface area contributed by atoms with Gasteiger partial charge in [-0.25, -0.2) is 4.79 Å². The maximum Gasteiger partial charge on any atom is 0.340 e. The van der Waals surface area contributed by atoms with Crippen molar-refractivity contribution in [2.24, 2.45) is 11.7 Å². The van der Waals surface area contributed by atoms with Gasteiger partial charge in [-0.1, -0.05) is 26.0 Å². The van der Waals surface area contributed by atoms with Crippen LogP contribution in [0.5, 0.6) is 0 Å². The Hall–Kier alpha value is -1.88. The van der Waals surface area contributed by atoms with Crippen molar-refractivity contribution in [1.82, 2.24) is 0 Å². The lowest BCUT2D eigenvalue weighted by Crippen LogP contribution is -2.40. The molecule has 1 aromatic rings. The number of ether oxygens (including phenoxy) is 1. The molecule has 0 aliphatic carbocycles. The minimum atomic E-state index is -0.616. The van der Waals surface area contributed by atoms with Crippen molar-refractivity contribution in [1.29, 1.82) is 0 Å². The van der Waals surface area contributed by atoms with Crippen molar-refractivity contribution in [2.45, 2.75) is 26.8 Å². The van der Waals surface area contributed by atoms with Crippen molar-refractivity contribution < 1.29 is 14.3 Å². The number of rotatable bonds is 5. The average Bonchev–Trinajstić information content (AvgIpc) is 2.38. The molecule has 1 atom stereocenters. The van der Waals surface area contributed by atoms with E-state index in [2.05, 4.69) is 5.32 Å². The van der Waals surface area contributed by atoms with E-state index in [1.165, 1.54) is 0 Å². The highest BCUT2D eigenvalue weighted by Crippen LogP contribution is 2.17. The van der Waals surface area contributed by atoms with Gasteiger partial charge in [0.15, 0.2) is 0 Å². The molecule has 1 rings (SSSR count). The molecule has 3 N–H and O–H groups in total. The van der Waals surface area contributed by atoms with Gasteiger partial charge in [-0.15, -0.1) is 0 Å². The molecule has 0 aliphatic rings. The lowest BCUT2D eigenvalue weighted by Gasteiger charge is -2.16. The summed E-state index contributed by atoms with van der Waals surface area (Å²) in [5, 5.41) is 2.67. The lowest BCUT2D eigenvalue weighted by atomic mass is 10.0. The van der Waals surface area contributed by atoms with Crippen molar-refractivity contribution >= 4 is 17.6 Å². The fraction of sp³-hybridized carbons (Fsp3) is 0.429. The molecule has 0 fully saturated rings. The van der Waals surface area contributed by atoms with Crippen LogP contribution in [0.1, 0.15) is 31.1 Å². The highest BCUT2D eigenvalue weighted by molar-refractivity contribution is 6.02. The third-order valence-electron chi connectivity index (χ3n) is 2.70. The summed E-state index contributed by atoms with van der Waals surface area (Å²) in [6.07, 6.45) is 0. The minimum Gasteiger partial charge on any atom is -0.462 e. The van der Waals surface area contributed by atoms with Crippen molar-refractivity contribution in [2.75, 3.05) is 11.9 Å². The molecule has 0 radical (unpaired) electrons. The van der Waals surface area contributed by atoms with Crippen LogP contribution in [0.3, 0.4) is 0 Å². The van der Waals surface area contributed by atoms with Crippen LogP contribution in [-0.2, 0) is 9.53 Å². The molecular formula is C14H20N2O3. The Labute approximate surface area is 113 Å². The van der Waals surface area contributed by atoms with E-state index in [-0.39, 0.29) is 18.4 Å². The summed E-state index contributed by atoms with van der Waals surface area (Å²) in [6, 6.07) is 6.09. The van der Waals surface area contributed by atoms with E-state index in [1.807, 2.05) is 13.8 Å². The van der Waals surface area contributed by atoms with Gasteiger partial charge in [-0.2, -0.15) is 0 Å². The second-order valence-corrected chi connectivity index (χ2v) is 4.53. The van der Waals surface area contributed by atoms with Gasteiger partial charge in [0.1, 0.15) is 0 Å². The monoisotopic (exact) mass is 264 g/mol. The summed E-state index contributed by atoms with van der Waals surface area (Å²) in [7, 11) is 0.